The first-order valence-corrected chi connectivity index (χ1v) is 15.5. The van der Waals surface area contributed by atoms with Crippen molar-refractivity contribution < 1.29 is 27.5 Å². The summed E-state index contributed by atoms with van der Waals surface area (Å²) in [5, 5.41) is 6.22. The highest BCUT2D eigenvalue weighted by Crippen LogP contribution is 2.28. The number of carbonyl (C=O) groups is 2. The zero-order valence-corrected chi connectivity index (χ0v) is 24.5. The minimum atomic E-state index is -3.62. The molecule has 3 rings (SSSR count). The topological polar surface area (TPSA) is 114 Å². The van der Waals surface area contributed by atoms with E-state index in [-0.39, 0.29) is 0 Å². The lowest BCUT2D eigenvalue weighted by molar-refractivity contribution is -0.125. The fraction of sp³-hybridized carbons (Fsp3) is 0.667. The van der Waals surface area contributed by atoms with E-state index < -0.39 is 51.2 Å². The number of methoxy groups -OCH3 is 1. The van der Waals surface area contributed by atoms with Crippen LogP contribution in [0.3, 0.4) is 0 Å². The number of thiocarbonyl (C=S) groups is 1. The van der Waals surface area contributed by atoms with Crippen LogP contribution in [0.2, 0.25) is 0 Å². The van der Waals surface area contributed by atoms with E-state index >= 15 is 0 Å². The largest absolute Gasteiger partial charge is 0.497 e. The van der Waals surface area contributed by atoms with E-state index in [1.165, 1.54) is 32.1 Å². The van der Waals surface area contributed by atoms with Crippen LogP contribution in [0.15, 0.2) is 24.3 Å². The van der Waals surface area contributed by atoms with E-state index in [4.69, 9.17) is 21.7 Å². The quantitative estimate of drug-likeness (QED) is 0.431. The number of nitrogens with one attached hydrogen (secondary N) is 2. The second kappa shape index (κ2) is 13.1. The summed E-state index contributed by atoms with van der Waals surface area (Å²) in [5.74, 6) is -0.196. The van der Waals surface area contributed by atoms with Crippen LogP contribution < -0.4 is 15.4 Å². The Bertz CT molecular complexity index is 1080. The highest BCUT2D eigenvalue weighted by atomic mass is 32.2. The molecule has 1 aliphatic carbocycles. The third kappa shape index (κ3) is 9.11. The van der Waals surface area contributed by atoms with Crippen molar-refractivity contribution in [2.45, 2.75) is 89.9 Å². The molecule has 2 atom stereocenters. The van der Waals surface area contributed by atoms with E-state index in [0.29, 0.717) is 23.9 Å². The maximum atomic E-state index is 13.4. The molecule has 1 aromatic rings. The average Bonchev–Trinajstić information content (AvgIpc) is 3.20. The Morgan fingerprint density at radius 1 is 1.13 bits per heavy atom. The molecule has 0 radical (unpaired) electrons. The molecular formula is C27H41N3O6S2. The van der Waals surface area contributed by atoms with Gasteiger partial charge in [-0.05, 0) is 57.2 Å². The van der Waals surface area contributed by atoms with Crippen molar-refractivity contribution in [1.29, 1.82) is 0 Å². The van der Waals surface area contributed by atoms with Gasteiger partial charge in [0, 0.05) is 6.54 Å². The lowest BCUT2D eigenvalue weighted by Crippen LogP contribution is -2.54. The second-order valence-electron chi connectivity index (χ2n) is 11.2. The van der Waals surface area contributed by atoms with Gasteiger partial charge in [0.2, 0.25) is 5.91 Å². The van der Waals surface area contributed by atoms with Gasteiger partial charge in [0.15, 0.2) is 9.84 Å². The molecule has 2 aliphatic rings. The van der Waals surface area contributed by atoms with Gasteiger partial charge < -0.3 is 20.1 Å². The number of nitrogens with zero attached hydrogens (tertiary/aromatic N) is 1. The molecule has 212 valence electrons. The highest BCUT2D eigenvalue weighted by Gasteiger charge is 2.45. The number of carbonyl (C=O) groups excluding carboxylic acids is 2. The van der Waals surface area contributed by atoms with Crippen LogP contribution in [0, 0.1) is 5.92 Å². The lowest BCUT2D eigenvalue weighted by atomic mass is 9.85. The zero-order valence-electron chi connectivity index (χ0n) is 22.8. The van der Waals surface area contributed by atoms with Gasteiger partial charge in [0.05, 0.1) is 23.9 Å². The van der Waals surface area contributed by atoms with E-state index in [2.05, 4.69) is 10.6 Å². The number of rotatable bonds is 9. The first-order valence-electron chi connectivity index (χ1n) is 13.3. The van der Waals surface area contributed by atoms with Crippen molar-refractivity contribution >= 4 is 39.0 Å². The molecule has 2 amide bonds. The summed E-state index contributed by atoms with van der Waals surface area (Å²) in [6.45, 7) is 5.55. The van der Waals surface area contributed by atoms with E-state index in [9.17, 15) is 18.0 Å². The van der Waals surface area contributed by atoms with Gasteiger partial charge in [0.1, 0.15) is 23.3 Å². The normalized spacial score (nSPS) is 20.4. The molecule has 1 saturated carbocycles. The second-order valence-corrected chi connectivity index (χ2v) is 13.7. The maximum Gasteiger partial charge on any atom is 0.411 e. The first kappa shape index (κ1) is 30.1. The van der Waals surface area contributed by atoms with Crippen LogP contribution in [-0.4, -0.2) is 66.7 Å². The minimum Gasteiger partial charge on any atom is -0.497 e. The Balaban J connectivity index is 1.70. The molecule has 2 N–H and O–H groups in total. The fourth-order valence-corrected chi connectivity index (χ4v) is 6.75. The number of ether oxygens (including phenoxy) is 2. The minimum absolute atomic E-state index is 0.445. The molecule has 0 unspecified atom stereocenters. The monoisotopic (exact) mass is 567 g/mol. The van der Waals surface area contributed by atoms with Crippen molar-refractivity contribution in [3.05, 3.63) is 29.8 Å². The van der Waals surface area contributed by atoms with Crippen molar-refractivity contribution in [2.75, 3.05) is 18.7 Å². The molecule has 1 aromatic carbocycles. The van der Waals surface area contributed by atoms with E-state index in [1.54, 1.807) is 27.9 Å². The first-order chi connectivity index (χ1) is 17.9. The third-order valence-corrected chi connectivity index (χ3v) is 8.83. The number of hydrogen-bond acceptors (Lipinski definition) is 7. The number of benzene rings is 1. The molecule has 0 spiro atoms. The lowest BCUT2D eigenvalue weighted by Gasteiger charge is -2.29. The van der Waals surface area contributed by atoms with Crippen molar-refractivity contribution in [3.63, 3.8) is 0 Å². The highest BCUT2D eigenvalue weighted by molar-refractivity contribution is 7.91. The standard InChI is InChI=1S/C27H41N3O6S2/c1-27(2,3)36-26(32)30-18-38(33,34)17-23(30)24(31)29-22(15-12-19-8-6-5-7-9-19)25(37)28-16-20-10-13-21(35-4)14-11-20/h10-11,13-14,19,22-23H,5-9,12,15-18H2,1-4H3,(H,28,37)(H,29,31)/t22-,23+/m1/s1. The van der Waals surface area contributed by atoms with Gasteiger partial charge in [-0.3, -0.25) is 9.69 Å². The van der Waals surface area contributed by atoms with Crippen LogP contribution in [0.5, 0.6) is 5.75 Å². The summed E-state index contributed by atoms with van der Waals surface area (Å²) < 4.78 is 35.4. The fourth-order valence-electron chi connectivity index (χ4n) is 4.87. The van der Waals surface area contributed by atoms with Gasteiger partial charge in [0.25, 0.3) is 0 Å². The zero-order chi connectivity index (χ0) is 27.9. The third-order valence-electron chi connectivity index (χ3n) is 6.90. The molecule has 0 aromatic heterocycles. The summed E-state index contributed by atoms with van der Waals surface area (Å²) in [7, 11) is -2.01. The van der Waals surface area contributed by atoms with Crippen molar-refractivity contribution in [1.82, 2.24) is 15.5 Å². The predicted octanol–water partition coefficient (Wildman–Crippen LogP) is 3.95. The molecule has 1 saturated heterocycles. The summed E-state index contributed by atoms with van der Waals surface area (Å²) >= 11 is 5.71. The Labute approximate surface area is 231 Å². The molecule has 1 heterocycles. The molecule has 9 nitrogen and oxygen atoms in total. The van der Waals surface area contributed by atoms with Gasteiger partial charge >= 0.3 is 6.09 Å². The number of hydrogen-bond donors (Lipinski definition) is 2. The summed E-state index contributed by atoms with van der Waals surface area (Å²) in [6, 6.07) is 5.96. The van der Waals surface area contributed by atoms with Gasteiger partial charge in [-0.25, -0.2) is 13.2 Å². The Kier molecular flexibility index (Phi) is 10.4. The molecule has 0 bridgehead atoms. The average molecular weight is 568 g/mol. The van der Waals surface area contributed by atoms with Crippen LogP contribution in [0.4, 0.5) is 4.79 Å². The van der Waals surface area contributed by atoms with Crippen LogP contribution in [-0.2, 0) is 25.9 Å². The number of sulfone groups is 1. The van der Waals surface area contributed by atoms with Gasteiger partial charge in [-0.1, -0.05) is 56.5 Å². The van der Waals surface area contributed by atoms with Crippen molar-refractivity contribution in [3.8, 4) is 5.75 Å². The molecule has 2 fully saturated rings. The molecular weight excluding hydrogens is 526 g/mol. The summed E-state index contributed by atoms with van der Waals surface area (Å²) in [6.07, 6.45) is 6.75. The Morgan fingerprint density at radius 2 is 1.79 bits per heavy atom. The molecule has 38 heavy (non-hydrogen) atoms. The molecule has 1 aliphatic heterocycles. The van der Waals surface area contributed by atoms with Crippen LogP contribution >= 0.6 is 12.2 Å². The van der Waals surface area contributed by atoms with Crippen molar-refractivity contribution in [2.24, 2.45) is 5.92 Å². The number of amides is 2. The van der Waals surface area contributed by atoms with E-state index in [1.807, 2.05) is 24.3 Å². The Morgan fingerprint density at radius 3 is 2.39 bits per heavy atom. The predicted molar refractivity (Wildman–Crippen MR) is 151 cm³/mol. The SMILES string of the molecule is COc1ccc(CNC(=S)[C@@H](CCC2CCCCC2)NC(=O)[C@@H]2CS(=O)(=O)CN2C(=O)OC(C)(C)C)cc1. The van der Waals surface area contributed by atoms with E-state index in [0.717, 1.165) is 22.6 Å². The van der Waals surface area contributed by atoms with Crippen LogP contribution in [0.1, 0.15) is 71.3 Å². The summed E-state index contributed by atoms with van der Waals surface area (Å²) in [4.78, 5) is 27.6. The maximum absolute atomic E-state index is 13.4. The smallest absolute Gasteiger partial charge is 0.411 e. The van der Waals surface area contributed by atoms with Gasteiger partial charge in [-0.2, -0.15) is 0 Å². The van der Waals surface area contributed by atoms with Crippen LogP contribution in [0.25, 0.3) is 0 Å². The summed E-state index contributed by atoms with van der Waals surface area (Å²) in [5.41, 5.74) is 0.184. The Hall–Kier alpha value is -2.40. The van der Waals surface area contributed by atoms with Gasteiger partial charge in [-0.15, -0.1) is 0 Å². The molecule has 11 heteroatoms.